The van der Waals surface area contributed by atoms with Crippen LogP contribution in [0.15, 0.2) is 41.5 Å². The highest BCUT2D eigenvalue weighted by atomic mass is 16.1. The Hall–Kier alpha value is -1.90. The molecule has 0 aliphatic carbocycles. The molecule has 2 aromatic rings. The number of pyridine rings is 2. The van der Waals surface area contributed by atoms with Crippen molar-refractivity contribution in [3.8, 4) is 11.1 Å². The van der Waals surface area contributed by atoms with Gasteiger partial charge in [0, 0.05) is 29.6 Å². The average molecular weight is 228 g/mol. The Kier molecular flexibility index (Phi) is 2.84. The lowest BCUT2D eigenvalue weighted by atomic mass is 9.90. The van der Waals surface area contributed by atoms with E-state index >= 15 is 0 Å². The first kappa shape index (κ1) is 11.6. The first-order valence-electron chi connectivity index (χ1n) is 5.62. The molecule has 2 rings (SSSR count). The SMILES string of the molecule is CC(C)(C)c1cc(-c2cc[nH]c(=O)c2)ccn1. The van der Waals surface area contributed by atoms with Crippen molar-refractivity contribution in [3.05, 3.63) is 52.7 Å². The smallest absolute Gasteiger partial charge is 0.248 e. The third-order valence-corrected chi connectivity index (χ3v) is 2.64. The zero-order valence-electron chi connectivity index (χ0n) is 10.3. The zero-order valence-corrected chi connectivity index (χ0v) is 10.3. The van der Waals surface area contributed by atoms with E-state index in [0.717, 1.165) is 16.8 Å². The molecule has 17 heavy (non-hydrogen) atoms. The normalized spacial score (nSPS) is 11.5. The summed E-state index contributed by atoms with van der Waals surface area (Å²) >= 11 is 0. The summed E-state index contributed by atoms with van der Waals surface area (Å²) in [7, 11) is 0. The minimum absolute atomic E-state index is 0.0111. The molecule has 0 saturated heterocycles. The molecule has 0 amide bonds. The molecule has 0 fully saturated rings. The van der Waals surface area contributed by atoms with Crippen LogP contribution in [-0.4, -0.2) is 9.97 Å². The molecule has 3 heteroatoms. The van der Waals surface area contributed by atoms with Crippen LogP contribution >= 0.6 is 0 Å². The lowest BCUT2D eigenvalue weighted by Crippen LogP contribution is -2.13. The number of nitrogens with zero attached hydrogens (tertiary/aromatic N) is 1. The molecular weight excluding hydrogens is 212 g/mol. The largest absolute Gasteiger partial charge is 0.329 e. The van der Waals surface area contributed by atoms with Crippen molar-refractivity contribution in [2.75, 3.05) is 0 Å². The summed E-state index contributed by atoms with van der Waals surface area (Å²) in [5.41, 5.74) is 2.89. The first-order valence-corrected chi connectivity index (χ1v) is 5.62. The maximum atomic E-state index is 11.3. The third-order valence-electron chi connectivity index (χ3n) is 2.64. The molecule has 0 unspecified atom stereocenters. The van der Waals surface area contributed by atoms with Gasteiger partial charge in [0.2, 0.25) is 5.56 Å². The standard InChI is InChI=1S/C14H16N2O/c1-14(2,3)12-8-10(4-6-15-12)11-5-7-16-13(17)9-11/h4-9H,1-3H3,(H,16,17). The van der Waals surface area contributed by atoms with E-state index in [9.17, 15) is 4.79 Å². The van der Waals surface area contributed by atoms with Crippen molar-refractivity contribution in [2.45, 2.75) is 26.2 Å². The molecule has 0 bridgehead atoms. The summed E-state index contributed by atoms with van der Waals surface area (Å²) in [5.74, 6) is 0. The molecule has 0 saturated carbocycles. The average Bonchev–Trinajstić information content (AvgIpc) is 2.28. The maximum Gasteiger partial charge on any atom is 0.248 e. The van der Waals surface area contributed by atoms with Crippen LogP contribution in [0.2, 0.25) is 0 Å². The highest BCUT2D eigenvalue weighted by molar-refractivity contribution is 5.62. The van der Waals surface area contributed by atoms with E-state index in [1.807, 2.05) is 18.2 Å². The Balaban J connectivity index is 2.51. The summed E-state index contributed by atoms with van der Waals surface area (Å²) in [6, 6.07) is 7.45. The van der Waals surface area contributed by atoms with Crippen molar-refractivity contribution in [2.24, 2.45) is 0 Å². The van der Waals surface area contributed by atoms with Crippen molar-refractivity contribution < 1.29 is 0 Å². The summed E-state index contributed by atoms with van der Waals surface area (Å²) in [4.78, 5) is 18.3. The fourth-order valence-corrected chi connectivity index (χ4v) is 1.64. The van der Waals surface area contributed by atoms with Gasteiger partial charge in [0.05, 0.1) is 0 Å². The summed E-state index contributed by atoms with van der Waals surface area (Å²) in [6.45, 7) is 6.37. The van der Waals surface area contributed by atoms with E-state index in [1.54, 1.807) is 18.5 Å². The second kappa shape index (κ2) is 4.17. The molecule has 1 N–H and O–H groups in total. The fourth-order valence-electron chi connectivity index (χ4n) is 1.64. The van der Waals surface area contributed by atoms with Gasteiger partial charge in [-0.25, -0.2) is 0 Å². The van der Waals surface area contributed by atoms with E-state index in [0.29, 0.717) is 0 Å². The van der Waals surface area contributed by atoms with Crippen molar-refractivity contribution in [3.63, 3.8) is 0 Å². The van der Waals surface area contributed by atoms with Crippen LogP contribution in [0.3, 0.4) is 0 Å². The minimum atomic E-state index is -0.0865. The van der Waals surface area contributed by atoms with Crippen LogP contribution < -0.4 is 5.56 Å². The van der Waals surface area contributed by atoms with Crippen LogP contribution in [0.25, 0.3) is 11.1 Å². The van der Waals surface area contributed by atoms with Gasteiger partial charge in [-0.2, -0.15) is 0 Å². The van der Waals surface area contributed by atoms with E-state index in [2.05, 4.69) is 30.7 Å². The molecule has 0 aromatic carbocycles. The monoisotopic (exact) mass is 228 g/mol. The molecule has 88 valence electrons. The second-order valence-electron chi connectivity index (χ2n) is 5.12. The van der Waals surface area contributed by atoms with E-state index < -0.39 is 0 Å². The molecule has 2 heterocycles. The highest BCUT2D eigenvalue weighted by Gasteiger charge is 2.15. The van der Waals surface area contributed by atoms with Gasteiger partial charge in [-0.1, -0.05) is 20.8 Å². The van der Waals surface area contributed by atoms with E-state index in [-0.39, 0.29) is 11.0 Å². The summed E-state index contributed by atoms with van der Waals surface area (Å²) < 4.78 is 0. The highest BCUT2D eigenvalue weighted by Crippen LogP contribution is 2.24. The number of hydrogen-bond acceptors (Lipinski definition) is 2. The molecule has 0 spiro atoms. The molecular formula is C14H16N2O. The lowest BCUT2D eigenvalue weighted by Gasteiger charge is -2.18. The number of H-pyrrole nitrogens is 1. The number of hydrogen-bond donors (Lipinski definition) is 1. The maximum absolute atomic E-state index is 11.3. The third kappa shape index (κ3) is 2.61. The van der Waals surface area contributed by atoms with Gasteiger partial charge in [-0.05, 0) is 29.3 Å². The first-order chi connectivity index (χ1) is 7.97. The van der Waals surface area contributed by atoms with Gasteiger partial charge in [-0.3, -0.25) is 9.78 Å². The topological polar surface area (TPSA) is 45.8 Å². The predicted molar refractivity (Wildman–Crippen MR) is 69.0 cm³/mol. The van der Waals surface area contributed by atoms with Crippen molar-refractivity contribution in [1.29, 1.82) is 0 Å². The van der Waals surface area contributed by atoms with Gasteiger partial charge < -0.3 is 4.98 Å². The Morgan fingerprint density at radius 1 is 1.12 bits per heavy atom. The van der Waals surface area contributed by atoms with Crippen LogP contribution in [0.5, 0.6) is 0 Å². The molecule has 0 aliphatic heterocycles. The van der Waals surface area contributed by atoms with Crippen LogP contribution in [-0.2, 0) is 5.41 Å². The zero-order chi connectivity index (χ0) is 12.5. The Morgan fingerprint density at radius 2 is 1.82 bits per heavy atom. The number of rotatable bonds is 1. The van der Waals surface area contributed by atoms with E-state index in [1.165, 1.54) is 0 Å². The molecule has 0 radical (unpaired) electrons. The molecule has 3 nitrogen and oxygen atoms in total. The Labute approximate surface area is 101 Å². The van der Waals surface area contributed by atoms with Gasteiger partial charge in [-0.15, -0.1) is 0 Å². The fraction of sp³-hybridized carbons (Fsp3) is 0.286. The van der Waals surface area contributed by atoms with Gasteiger partial charge in [0.15, 0.2) is 0 Å². The number of aromatic amines is 1. The van der Waals surface area contributed by atoms with Crippen molar-refractivity contribution >= 4 is 0 Å². The summed E-state index contributed by atoms with van der Waals surface area (Å²) in [6.07, 6.45) is 3.45. The molecule has 2 aromatic heterocycles. The number of nitrogens with one attached hydrogen (secondary N) is 1. The van der Waals surface area contributed by atoms with Crippen LogP contribution in [0.1, 0.15) is 26.5 Å². The van der Waals surface area contributed by atoms with E-state index in [4.69, 9.17) is 0 Å². The molecule has 0 atom stereocenters. The van der Waals surface area contributed by atoms with Gasteiger partial charge in [0.1, 0.15) is 0 Å². The van der Waals surface area contributed by atoms with Gasteiger partial charge >= 0.3 is 0 Å². The Morgan fingerprint density at radius 3 is 2.47 bits per heavy atom. The Bertz CT molecular complexity index is 579. The summed E-state index contributed by atoms with van der Waals surface area (Å²) in [5, 5.41) is 0. The quantitative estimate of drug-likeness (QED) is 0.815. The number of aromatic nitrogens is 2. The van der Waals surface area contributed by atoms with Crippen LogP contribution in [0, 0.1) is 0 Å². The minimum Gasteiger partial charge on any atom is -0.329 e. The predicted octanol–water partition coefficient (Wildman–Crippen LogP) is 2.73. The lowest BCUT2D eigenvalue weighted by molar-refractivity contribution is 0.569. The van der Waals surface area contributed by atoms with Gasteiger partial charge in [0.25, 0.3) is 0 Å². The second-order valence-corrected chi connectivity index (χ2v) is 5.12. The van der Waals surface area contributed by atoms with Crippen LogP contribution in [0.4, 0.5) is 0 Å². The van der Waals surface area contributed by atoms with Crippen molar-refractivity contribution in [1.82, 2.24) is 9.97 Å². The molecule has 0 aliphatic rings.